The summed E-state index contributed by atoms with van der Waals surface area (Å²) in [5.41, 5.74) is 5.11. The Bertz CT molecular complexity index is 146. The van der Waals surface area contributed by atoms with E-state index in [0.717, 1.165) is 0 Å². The van der Waals surface area contributed by atoms with Gasteiger partial charge in [-0.05, 0) is 0 Å². The van der Waals surface area contributed by atoms with Crippen molar-refractivity contribution in [2.75, 3.05) is 5.75 Å². The third-order valence-corrected chi connectivity index (χ3v) is 3.70. The first-order valence-corrected chi connectivity index (χ1v) is 6.61. The first kappa shape index (κ1) is 16.5. The normalized spacial score (nSPS) is 12.8. The average Bonchev–Trinajstić information content (AvgIpc) is 2.02. The zero-order chi connectivity index (χ0) is 11.1. The van der Waals surface area contributed by atoms with Crippen LogP contribution in [0, 0.1) is 0 Å². The first-order valence-electron chi connectivity index (χ1n) is 3.66. The number of carbonyl (C=O) groups is 1. The molecule has 0 saturated heterocycles. The second-order valence-electron chi connectivity index (χ2n) is 3.33. The monoisotopic (exact) mass is 259 g/mol. The summed E-state index contributed by atoms with van der Waals surface area (Å²) >= 11 is 11.2. The van der Waals surface area contributed by atoms with Gasteiger partial charge >= 0.3 is 0 Å². The predicted octanol–water partition coefficient (Wildman–Crippen LogP) is 2.06. The van der Waals surface area contributed by atoms with E-state index in [1.54, 1.807) is 10.8 Å². The molecule has 13 heavy (non-hydrogen) atoms. The van der Waals surface area contributed by atoms with Gasteiger partial charge in [0.15, 0.2) is 0 Å². The van der Waals surface area contributed by atoms with Crippen LogP contribution in [0.5, 0.6) is 0 Å². The van der Waals surface area contributed by atoms with Crippen molar-refractivity contribution < 1.29 is 4.79 Å². The highest BCUT2D eigenvalue weighted by Gasteiger charge is 2.05. The molecule has 0 aliphatic carbocycles. The summed E-state index contributed by atoms with van der Waals surface area (Å²) in [6.07, 6.45) is 0. The SMILES string of the molecule is CC(C)(C)SS.N[C@@H](CS)C(=O)S. The maximum atomic E-state index is 10.1. The number of hydrogen-bond donors (Lipinski definition) is 4. The summed E-state index contributed by atoms with van der Waals surface area (Å²) in [6.45, 7) is 6.39. The minimum atomic E-state index is -0.508. The third-order valence-electron chi connectivity index (χ3n) is 0.788. The van der Waals surface area contributed by atoms with Crippen molar-refractivity contribution in [3.63, 3.8) is 0 Å². The highest BCUT2D eigenvalue weighted by molar-refractivity contribution is 8.69. The zero-order valence-electron chi connectivity index (χ0n) is 8.02. The summed E-state index contributed by atoms with van der Waals surface area (Å²) in [4.78, 5) is 10.1. The van der Waals surface area contributed by atoms with Crippen LogP contribution < -0.4 is 5.73 Å². The van der Waals surface area contributed by atoms with E-state index in [1.807, 2.05) is 0 Å². The van der Waals surface area contributed by atoms with Gasteiger partial charge in [0.2, 0.25) is 5.12 Å². The fraction of sp³-hybridized carbons (Fsp3) is 0.857. The van der Waals surface area contributed by atoms with Gasteiger partial charge in [0.05, 0.1) is 6.04 Å². The van der Waals surface area contributed by atoms with Crippen molar-refractivity contribution in [2.24, 2.45) is 5.73 Å². The number of carbonyl (C=O) groups excluding carboxylic acids is 1. The van der Waals surface area contributed by atoms with E-state index < -0.39 is 6.04 Å². The third kappa shape index (κ3) is 15.8. The lowest BCUT2D eigenvalue weighted by Crippen LogP contribution is -2.28. The number of hydrogen-bond acceptors (Lipinski definition) is 5. The van der Waals surface area contributed by atoms with Gasteiger partial charge in [-0.2, -0.15) is 12.6 Å². The van der Waals surface area contributed by atoms with Gasteiger partial charge in [-0.25, -0.2) is 0 Å². The Balaban J connectivity index is 0. The van der Waals surface area contributed by atoms with Crippen LogP contribution in [0.4, 0.5) is 0 Å². The number of thiol groups is 3. The van der Waals surface area contributed by atoms with Crippen LogP contribution in [0.3, 0.4) is 0 Å². The molecule has 0 fully saturated rings. The Kier molecular flexibility index (Phi) is 10.6. The fourth-order valence-electron chi connectivity index (χ4n) is 0.0781. The maximum Gasteiger partial charge on any atom is 0.203 e. The predicted molar refractivity (Wildman–Crippen MR) is 72.2 cm³/mol. The summed E-state index contributed by atoms with van der Waals surface area (Å²) < 4.78 is 0.323. The standard InChI is InChI=1S/C4H10S2.C3H7NOS2/c1-4(2,3)6-5;4-2(1-6)3(5)7/h5H,1-3H3;2,6H,1,4H2,(H,5,7)/t;2-/m.0/s1. The van der Waals surface area contributed by atoms with E-state index in [9.17, 15) is 4.79 Å². The Morgan fingerprint density at radius 3 is 1.85 bits per heavy atom. The van der Waals surface area contributed by atoms with E-state index in [4.69, 9.17) is 5.73 Å². The summed E-state index contributed by atoms with van der Waals surface area (Å²) in [5.74, 6) is 0.363. The molecular weight excluding hydrogens is 242 g/mol. The van der Waals surface area contributed by atoms with E-state index in [0.29, 0.717) is 10.5 Å². The van der Waals surface area contributed by atoms with Crippen molar-refractivity contribution >= 4 is 52.8 Å². The highest BCUT2D eigenvalue weighted by atomic mass is 33.1. The summed E-state index contributed by atoms with van der Waals surface area (Å²) in [5, 5.41) is -0.310. The van der Waals surface area contributed by atoms with Gasteiger partial charge < -0.3 is 5.73 Å². The van der Waals surface area contributed by atoms with E-state index >= 15 is 0 Å². The van der Waals surface area contributed by atoms with Crippen molar-refractivity contribution in [2.45, 2.75) is 31.6 Å². The van der Waals surface area contributed by atoms with Gasteiger partial charge in [0.25, 0.3) is 0 Å². The molecule has 0 spiro atoms. The van der Waals surface area contributed by atoms with Crippen molar-refractivity contribution in [1.82, 2.24) is 0 Å². The molecule has 0 bridgehead atoms. The molecule has 2 N–H and O–H groups in total. The molecule has 0 aromatic heterocycles. The van der Waals surface area contributed by atoms with Gasteiger partial charge in [0, 0.05) is 10.5 Å². The summed E-state index contributed by atoms with van der Waals surface area (Å²) in [6, 6.07) is -0.508. The second kappa shape index (κ2) is 8.35. The fourth-order valence-corrected chi connectivity index (χ4v) is 0.479. The van der Waals surface area contributed by atoms with Crippen molar-refractivity contribution in [1.29, 1.82) is 0 Å². The molecule has 0 saturated carbocycles. The minimum Gasteiger partial charge on any atom is -0.320 e. The Hall–Kier alpha value is 1.03. The molecule has 0 radical (unpaired) electrons. The molecule has 0 aliphatic rings. The van der Waals surface area contributed by atoms with Gasteiger partial charge in [0.1, 0.15) is 0 Å². The van der Waals surface area contributed by atoms with Crippen LogP contribution in [0.1, 0.15) is 20.8 Å². The van der Waals surface area contributed by atoms with Crippen LogP contribution >= 0.6 is 47.7 Å². The Morgan fingerprint density at radius 1 is 1.54 bits per heavy atom. The lowest BCUT2D eigenvalue weighted by molar-refractivity contribution is -0.111. The summed E-state index contributed by atoms with van der Waals surface area (Å²) in [7, 11) is 1.58. The molecule has 0 aromatic carbocycles. The largest absolute Gasteiger partial charge is 0.320 e. The van der Waals surface area contributed by atoms with E-state index in [-0.39, 0.29) is 5.12 Å². The number of rotatable bonds is 2. The maximum absolute atomic E-state index is 10.1. The van der Waals surface area contributed by atoms with Crippen molar-refractivity contribution in [3.8, 4) is 0 Å². The van der Waals surface area contributed by atoms with Crippen LogP contribution in [-0.4, -0.2) is 21.7 Å². The Labute approximate surface area is 100 Å². The van der Waals surface area contributed by atoms with Gasteiger partial charge in [-0.15, -0.1) is 24.3 Å². The topological polar surface area (TPSA) is 43.1 Å². The first-order chi connectivity index (χ1) is 5.74. The van der Waals surface area contributed by atoms with Crippen LogP contribution in [0.15, 0.2) is 0 Å². The lowest BCUT2D eigenvalue weighted by atomic mass is 10.3. The zero-order valence-corrected chi connectivity index (χ0v) is 11.5. The molecule has 6 heteroatoms. The molecule has 0 unspecified atom stereocenters. The molecule has 2 nitrogen and oxygen atoms in total. The van der Waals surface area contributed by atoms with Crippen LogP contribution in [0.2, 0.25) is 0 Å². The molecule has 0 aromatic rings. The van der Waals surface area contributed by atoms with E-state index in [2.05, 4.69) is 57.7 Å². The van der Waals surface area contributed by atoms with Crippen LogP contribution in [0.25, 0.3) is 0 Å². The molecule has 0 heterocycles. The quantitative estimate of drug-likeness (QED) is 0.453. The minimum absolute atomic E-state index is 0.310. The van der Waals surface area contributed by atoms with Crippen LogP contribution in [-0.2, 0) is 4.79 Å². The molecule has 0 amide bonds. The second-order valence-corrected chi connectivity index (χ2v) is 6.09. The smallest absolute Gasteiger partial charge is 0.203 e. The van der Waals surface area contributed by atoms with Crippen molar-refractivity contribution in [3.05, 3.63) is 0 Å². The molecule has 1 atom stereocenters. The molecule has 0 aliphatic heterocycles. The lowest BCUT2D eigenvalue weighted by Gasteiger charge is -2.10. The Morgan fingerprint density at radius 2 is 1.85 bits per heavy atom. The highest BCUT2D eigenvalue weighted by Crippen LogP contribution is 2.25. The average molecular weight is 259 g/mol. The molecular formula is C7H17NOS4. The molecule has 0 rings (SSSR count). The molecule has 80 valence electrons. The van der Waals surface area contributed by atoms with E-state index in [1.165, 1.54) is 0 Å². The van der Waals surface area contributed by atoms with Gasteiger partial charge in [-0.3, -0.25) is 4.79 Å². The number of nitrogens with two attached hydrogens (primary N) is 1. The van der Waals surface area contributed by atoms with Gasteiger partial charge in [-0.1, -0.05) is 31.6 Å².